The number of rotatable bonds is 8. The van der Waals surface area contributed by atoms with E-state index in [1.54, 1.807) is 18.5 Å². The summed E-state index contributed by atoms with van der Waals surface area (Å²) in [5.41, 5.74) is 2.11. The average Bonchev–Trinajstić information content (AvgIpc) is 3.89. The van der Waals surface area contributed by atoms with Gasteiger partial charge in [-0.05, 0) is 99.6 Å². The van der Waals surface area contributed by atoms with Gasteiger partial charge in [0.05, 0.1) is 46.9 Å². The van der Waals surface area contributed by atoms with Crippen LogP contribution in [0.15, 0.2) is 42.7 Å². The van der Waals surface area contributed by atoms with Crippen LogP contribution >= 0.6 is 0 Å². The van der Waals surface area contributed by atoms with Gasteiger partial charge in [-0.25, -0.2) is 14.4 Å². The normalized spacial score (nSPS) is 27.0. The number of carbonyl (C=O) groups excluding carboxylic acids is 5. The number of anilines is 2. The Balaban J connectivity index is 0.728. The Hall–Kier alpha value is -5.95. The molecular formula is C43H46FN9O6. The molecule has 5 amide bonds. The highest BCUT2D eigenvalue weighted by Gasteiger charge is 2.46. The van der Waals surface area contributed by atoms with E-state index in [0.717, 1.165) is 92.8 Å². The van der Waals surface area contributed by atoms with E-state index in [0.29, 0.717) is 42.2 Å². The predicted octanol–water partition coefficient (Wildman–Crippen LogP) is 3.35. The summed E-state index contributed by atoms with van der Waals surface area (Å²) in [4.78, 5) is 80.3. The number of halogens is 1. The largest absolute Gasteiger partial charge is 0.490 e. The van der Waals surface area contributed by atoms with Crippen molar-refractivity contribution in [1.82, 2.24) is 30.4 Å². The number of nitrogens with one attached hydrogen (secondary N) is 2. The minimum Gasteiger partial charge on any atom is -0.490 e. The standard InChI is InChI=1S/C43H46FN9O6/c1-24-14-31(5-2-25(24)19-45)59-30-6-3-28(4-7-30)48-40(55)35-20-47-38(21-46-35)52-22-26-15-29(16-27(26)23-52)50-10-12-51(13-11-50)37-18-33-32(17-34(37)44)42(57)53(43(33)58)36-8-9-39(54)49-41(36)56/h2,5,14,17-18,20-21,26-30,36H,3-4,6-13,15-16,22-23H2,1H3,(H,48,55)(H,49,54,56)/t26-,27+,28?,29?,30?,36?. The number of nitrogens with zero attached hydrogens (tertiary/aromatic N) is 7. The molecular weight excluding hydrogens is 758 g/mol. The van der Waals surface area contributed by atoms with Gasteiger partial charge in [0.2, 0.25) is 11.8 Å². The van der Waals surface area contributed by atoms with Crippen LogP contribution in [-0.2, 0) is 9.59 Å². The van der Waals surface area contributed by atoms with Crippen molar-refractivity contribution in [3.63, 3.8) is 0 Å². The first kappa shape index (κ1) is 38.6. The fraction of sp³-hybridized carbons (Fsp3) is 0.488. The Labute approximate surface area is 340 Å². The highest BCUT2D eigenvalue weighted by Crippen LogP contribution is 2.42. The summed E-state index contributed by atoms with van der Waals surface area (Å²) in [5, 5.41) is 14.5. The smallest absolute Gasteiger partial charge is 0.271 e. The van der Waals surface area contributed by atoms with Crippen molar-refractivity contribution in [2.24, 2.45) is 11.8 Å². The van der Waals surface area contributed by atoms with Gasteiger partial charge >= 0.3 is 0 Å². The monoisotopic (exact) mass is 803 g/mol. The van der Waals surface area contributed by atoms with E-state index in [-0.39, 0.29) is 47.7 Å². The molecule has 0 spiro atoms. The number of aromatic nitrogens is 2. The molecule has 1 aromatic heterocycles. The van der Waals surface area contributed by atoms with Crippen LogP contribution in [0, 0.1) is 35.9 Å². The lowest BCUT2D eigenvalue weighted by Crippen LogP contribution is -2.54. The molecule has 2 aromatic carbocycles. The van der Waals surface area contributed by atoms with Crippen LogP contribution in [0.25, 0.3) is 0 Å². The van der Waals surface area contributed by atoms with Gasteiger partial charge in [0, 0.05) is 57.8 Å². The van der Waals surface area contributed by atoms with Crippen molar-refractivity contribution in [2.75, 3.05) is 49.1 Å². The molecule has 5 fully saturated rings. The first-order chi connectivity index (χ1) is 28.5. The number of imide groups is 2. The van der Waals surface area contributed by atoms with Gasteiger partial charge in [-0.1, -0.05) is 0 Å². The summed E-state index contributed by atoms with van der Waals surface area (Å²) in [6.45, 7) is 6.26. The molecule has 0 radical (unpaired) electrons. The zero-order valence-corrected chi connectivity index (χ0v) is 32.9. The maximum absolute atomic E-state index is 15.5. The Morgan fingerprint density at radius 3 is 2.25 bits per heavy atom. The Morgan fingerprint density at radius 2 is 1.61 bits per heavy atom. The zero-order valence-electron chi connectivity index (χ0n) is 32.9. The van der Waals surface area contributed by atoms with Crippen LogP contribution in [0.5, 0.6) is 5.75 Å². The summed E-state index contributed by atoms with van der Waals surface area (Å²) in [6.07, 6.45) is 8.74. The Morgan fingerprint density at radius 1 is 0.898 bits per heavy atom. The van der Waals surface area contributed by atoms with Crippen LogP contribution in [0.1, 0.15) is 93.7 Å². The van der Waals surface area contributed by atoms with Gasteiger partial charge in [-0.15, -0.1) is 0 Å². The van der Waals surface area contributed by atoms with Crippen LogP contribution in [0.3, 0.4) is 0 Å². The van der Waals surface area contributed by atoms with Gasteiger partial charge < -0.3 is 19.9 Å². The van der Waals surface area contributed by atoms with Gasteiger partial charge in [0.25, 0.3) is 17.7 Å². The molecule has 9 rings (SSSR count). The number of ether oxygens (including phenoxy) is 1. The highest BCUT2D eigenvalue weighted by atomic mass is 19.1. The van der Waals surface area contributed by atoms with E-state index in [2.05, 4.69) is 36.5 Å². The molecule has 5 heterocycles. The lowest BCUT2D eigenvalue weighted by molar-refractivity contribution is -0.136. The van der Waals surface area contributed by atoms with Crippen molar-refractivity contribution in [2.45, 2.75) is 82.5 Å². The van der Waals surface area contributed by atoms with Gasteiger partial charge in [-0.2, -0.15) is 5.26 Å². The van der Waals surface area contributed by atoms with Crippen molar-refractivity contribution >= 4 is 41.0 Å². The quantitative estimate of drug-likeness (QED) is 0.318. The molecule has 4 aliphatic heterocycles. The predicted molar refractivity (Wildman–Crippen MR) is 211 cm³/mol. The number of fused-ring (bicyclic) bond motifs is 2. The van der Waals surface area contributed by atoms with Crippen LogP contribution in [0.2, 0.25) is 0 Å². The number of piperazine rings is 1. The summed E-state index contributed by atoms with van der Waals surface area (Å²) < 4.78 is 21.7. The third-order valence-electron chi connectivity index (χ3n) is 13.2. The molecule has 2 aliphatic carbocycles. The number of aryl methyl sites for hydroxylation is 1. The molecule has 16 heteroatoms. The number of hydrogen-bond acceptors (Lipinski definition) is 12. The third kappa shape index (κ3) is 7.48. The van der Waals surface area contributed by atoms with Crippen molar-refractivity contribution in [3.05, 3.63) is 76.5 Å². The lowest BCUT2D eigenvalue weighted by Gasteiger charge is -2.39. The van der Waals surface area contributed by atoms with Crippen LogP contribution < -0.4 is 25.2 Å². The first-order valence-electron chi connectivity index (χ1n) is 20.6. The maximum atomic E-state index is 15.5. The summed E-state index contributed by atoms with van der Waals surface area (Å²) >= 11 is 0. The van der Waals surface area contributed by atoms with E-state index in [1.165, 1.54) is 6.07 Å². The van der Waals surface area contributed by atoms with E-state index >= 15 is 4.39 Å². The molecule has 2 N–H and O–H groups in total. The molecule has 306 valence electrons. The fourth-order valence-electron chi connectivity index (χ4n) is 10.0. The van der Waals surface area contributed by atoms with Crippen molar-refractivity contribution in [3.8, 4) is 11.8 Å². The number of hydrogen-bond donors (Lipinski definition) is 2. The minimum absolute atomic E-state index is 0.0165. The van der Waals surface area contributed by atoms with E-state index in [4.69, 9.17) is 4.74 Å². The second-order valence-electron chi connectivity index (χ2n) is 16.8. The Kier molecular flexibility index (Phi) is 10.2. The summed E-state index contributed by atoms with van der Waals surface area (Å²) in [7, 11) is 0. The Bertz CT molecular complexity index is 2230. The number of benzene rings is 2. The van der Waals surface area contributed by atoms with Crippen LogP contribution in [-0.4, -0.2) is 113 Å². The third-order valence-corrected chi connectivity index (χ3v) is 13.2. The summed E-state index contributed by atoms with van der Waals surface area (Å²) in [6, 6.07) is 9.59. The topological polar surface area (TPSA) is 181 Å². The second-order valence-corrected chi connectivity index (χ2v) is 16.8. The van der Waals surface area contributed by atoms with Crippen molar-refractivity contribution < 1.29 is 33.1 Å². The number of nitriles is 1. The average molecular weight is 804 g/mol. The molecule has 3 aromatic rings. The number of amides is 5. The molecule has 6 aliphatic rings. The lowest BCUT2D eigenvalue weighted by atomic mass is 9.92. The molecule has 2 unspecified atom stereocenters. The highest BCUT2D eigenvalue weighted by molar-refractivity contribution is 6.23. The molecule has 2 saturated carbocycles. The van der Waals surface area contributed by atoms with Crippen molar-refractivity contribution in [1.29, 1.82) is 5.26 Å². The molecule has 0 bridgehead atoms. The SMILES string of the molecule is Cc1cc(OC2CCC(NC(=O)c3cnc(N4C[C@H]5CC(N6CCN(c7cc8c(cc7F)C(=O)N(C7CCC(=O)NC7=O)C8=O)CC6)C[C@H]5C4)cn3)CC2)ccc1C#N. The fourth-order valence-corrected chi connectivity index (χ4v) is 10.0. The molecule has 59 heavy (non-hydrogen) atoms. The molecule has 15 nitrogen and oxygen atoms in total. The van der Waals surface area contributed by atoms with E-state index in [9.17, 15) is 29.2 Å². The van der Waals surface area contributed by atoms with Gasteiger partial charge in [0.15, 0.2) is 0 Å². The second kappa shape index (κ2) is 15.7. The van der Waals surface area contributed by atoms with Crippen LogP contribution in [0.4, 0.5) is 15.9 Å². The number of piperidine rings is 1. The zero-order chi connectivity index (χ0) is 40.9. The maximum Gasteiger partial charge on any atom is 0.271 e. The van der Waals surface area contributed by atoms with Gasteiger partial charge in [0.1, 0.15) is 29.1 Å². The number of carbonyl (C=O) groups is 5. The first-order valence-corrected chi connectivity index (χ1v) is 20.6. The van der Waals surface area contributed by atoms with E-state index in [1.807, 2.05) is 24.0 Å². The minimum atomic E-state index is -1.10. The molecule has 4 atom stereocenters. The summed E-state index contributed by atoms with van der Waals surface area (Å²) in [5.74, 6) is -0.781. The molecule has 3 saturated heterocycles. The van der Waals surface area contributed by atoms with Gasteiger partial charge in [-0.3, -0.25) is 39.1 Å². The van der Waals surface area contributed by atoms with E-state index < -0.39 is 35.5 Å².